The van der Waals surface area contributed by atoms with Crippen LogP contribution in [0.15, 0.2) is 63.2 Å². The van der Waals surface area contributed by atoms with Gasteiger partial charge in [0, 0.05) is 16.9 Å². The molecule has 0 saturated carbocycles. The van der Waals surface area contributed by atoms with Crippen LogP contribution in [0.1, 0.15) is 11.7 Å². The molecule has 1 atom stereocenters. The third-order valence-electron chi connectivity index (χ3n) is 3.70. The molecule has 2 aromatic carbocycles. The fraction of sp³-hybridized carbons (Fsp3) is 0.118. The normalized spacial score (nSPS) is 12.8. The molecule has 0 radical (unpaired) electrons. The number of aliphatic hydroxyl groups is 1. The fourth-order valence-corrected chi connectivity index (χ4v) is 2.78. The Labute approximate surface area is 146 Å². The van der Waals surface area contributed by atoms with Gasteiger partial charge in [0.05, 0.1) is 5.52 Å². The standard InChI is InChI=1S/C17H14BrN3O3/c1-21-13-8-7-11(18)9-12(13)14(17(21)24)19-20-16(23)15(22)10-5-3-2-4-6-10/h2-9,15,22,24H,1H3/t15-/m0/s1. The molecular formula is C17H14BrN3O3. The van der Waals surface area contributed by atoms with Crippen LogP contribution in [-0.4, -0.2) is 20.7 Å². The molecule has 6 nitrogen and oxygen atoms in total. The van der Waals surface area contributed by atoms with Crippen molar-refractivity contribution >= 4 is 38.4 Å². The number of halogens is 1. The summed E-state index contributed by atoms with van der Waals surface area (Å²) in [5.74, 6) is -0.901. The second-order valence-corrected chi connectivity index (χ2v) is 6.16. The van der Waals surface area contributed by atoms with Crippen LogP contribution in [0.3, 0.4) is 0 Å². The van der Waals surface area contributed by atoms with E-state index in [1.807, 2.05) is 12.1 Å². The zero-order valence-electron chi connectivity index (χ0n) is 12.7. The van der Waals surface area contributed by atoms with Crippen molar-refractivity contribution in [1.82, 2.24) is 4.57 Å². The summed E-state index contributed by atoms with van der Waals surface area (Å²) in [7, 11) is 1.69. The van der Waals surface area contributed by atoms with Gasteiger partial charge in [-0.15, -0.1) is 10.2 Å². The largest absolute Gasteiger partial charge is 0.493 e. The quantitative estimate of drug-likeness (QED) is 0.665. The first kappa shape index (κ1) is 16.4. The summed E-state index contributed by atoms with van der Waals surface area (Å²) >= 11 is 3.36. The SMILES string of the molecule is Cn1c(O)c(N=NC(=O)[C@@H](O)c2ccccc2)c2cc(Br)ccc21. The Morgan fingerprint density at radius 1 is 1.21 bits per heavy atom. The zero-order valence-corrected chi connectivity index (χ0v) is 14.3. The summed E-state index contributed by atoms with van der Waals surface area (Å²) in [6, 6.07) is 13.9. The van der Waals surface area contributed by atoms with Gasteiger partial charge in [-0.05, 0) is 23.8 Å². The molecule has 0 aliphatic carbocycles. The third-order valence-corrected chi connectivity index (χ3v) is 4.20. The highest BCUT2D eigenvalue weighted by molar-refractivity contribution is 9.10. The number of aryl methyl sites for hydroxylation is 1. The molecule has 0 fully saturated rings. The number of aliphatic hydroxyl groups excluding tert-OH is 1. The smallest absolute Gasteiger partial charge is 0.297 e. The first-order chi connectivity index (χ1) is 11.5. The molecule has 24 heavy (non-hydrogen) atoms. The van der Waals surface area contributed by atoms with Crippen LogP contribution in [0.25, 0.3) is 10.9 Å². The number of carbonyl (C=O) groups is 1. The van der Waals surface area contributed by atoms with Crippen LogP contribution in [-0.2, 0) is 11.8 Å². The first-order valence-electron chi connectivity index (χ1n) is 7.14. The molecule has 0 unspecified atom stereocenters. The lowest BCUT2D eigenvalue weighted by atomic mass is 10.1. The van der Waals surface area contributed by atoms with E-state index in [2.05, 4.69) is 26.2 Å². The Morgan fingerprint density at radius 3 is 2.62 bits per heavy atom. The Hall–Kier alpha value is -2.51. The van der Waals surface area contributed by atoms with Crippen LogP contribution < -0.4 is 0 Å². The van der Waals surface area contributed by atoms with Gasteiger partial charge in [0.15, 0.2) is 11.8 Å². The number of rotatable bonds is 3. The molecule has 1 aromatic heterocycles. The van der Waals surface area contributed by atoms with E-state index in [1.54, 1.807) is 48.0 Å². The van der Waals surface area contributed by atoms with Crippen LogP contribution in [0.4, 0.5) is 5.69 Å². The lowest BCUT2D eigenvalue weighted by molar-refractivity contribution is -0.126. The Morgan fingerprint density at radius 2 is 1.92 bits per heavy atom. The number of hydrogen-bond acceptors (Lipinski definition) is 4. The van der Waals surface area contributed by atoms with Gasteiger partial charge in [0.2, 0.25) is 5.88 Å². The first-order valence-corrected chi connectivity index (χ1v) is 7.94. The Bertz CT molecular complexity index is 935. The van der Waals surface area contributed by atoms with E-state index in [4.69, 9.17) is 0 Å². The summed E-state index contributed by atoms with van der Waals surface area (Å²) in [5.41, 5.74) is 1.37. The molecule has 0 aliphatic rings. The number of azo groups is 1. The highest BCUT2D eigenvalue weighted by Gasteiger charge is 2.18. The minimum atomic E-state index is -1.39. The fourth-order valence-electron chi connectivity index (χ4n) is 2.41. The molecule has 1 amide bonds. The van der Waals surface area contributed by atoms with Gasteiger partial charge in [-0.25, -0.2) is 0 Å². The van der Waals surface area contributed by atoms with Crippen molar-refractivity contribution < 1.29 is 15.0 Å². The van der Waals surface area contributed by atoms with E-state index in [0.29, 0.717) is 10.9 Å². The molecule has 7 heteroatoms. The summed E-state index contributed by atoms with van der Waals surface area (Å²) in [4.78, 5) is 12.0. The van der Waals surface area contributed by atoms with Crippen molar-refractivity contribution in [2.45, 2.75) is 6.10 Å². The lowest BCUT2D eigenvalue weighted by Crippen LogP contribution is -2.08. The molecule has 0 bridgehead atoms. The van der Waals surface area contributed by atoms with Crippen molar-refractivity contribution in [3.8, 4) is 5.88 Å². The van der Waals surface area contributed by atoms with Crippen molar-refractivity contribution in [2.75, 3.05) is 0 Å². The van der Waals surface area contributed by atoms with Gasteiger partial charge >= 0.3 is 0 Å². The highest BCUT2D eigenvalue weighted by atomic mass is 79.9. The Balaban J connectivity index is 1.95. The molecule has 3 rings (SSSR count). The van der Waals surface area contributed by atoms with Crippen LogP contribution in [0.2, 0.25) is 0 Å². The number of hydrogen-bond donors (Lipinski definition) is 2. The number of amides is 1. The van der Waals surface area contributed by atoms with Gasteiger partial charge in [-0.1, -0.05) is 46.3 Å². The molecule has 0 aliphatic heterocycles. The van der Waals surface area contributed by atoms with Crippen LogP contribution in [0.5, 0.6) is 5.88 Å². The number of fused-ring (bicyclic) bond motifs is 1. The van der Waals surface area contributed by atoms with E-state index in [1.165, 1.54) is 0 Å². The van der Waals surface area contributed by atoms with Gasteiger partial charge in [0.25, 0.3) is 5.91 Å². The maximum atomic E-state index is 12.0. The summed E-state index contributed by atoms with van der Waals surface area (Å²) < 4.78 is 2.36. The van der Waals surface area contributed by atoms with Crippen LogP contribution in [0, 0.1) is 0 Å². The van der Waals surface area contributed by atoms with Crippen LogP contribution >= 0.6 is 15.9 Å². The highest BCUT2D eigenvalue weighted by Crippen LogP contribution is 2.39. The molecule has 0 spiro atoms. The second kappa shape index (κ2) is 6.54. The average molecular weight is 388 g/mol. The Kier molecular flexibility index (Phi) is 4.46. The van der Waals surface area contributed by atoms with E-state index in [-0.39, 0.29) is 11.6 Å². The minimum Gasteiger partial charge on any atom is -0.493 e. The van der Waals surface area contributed by atoms with Gasteiger partial charge in [-0.2, -0.15) is 0 Å². The van der Waals surface area contributed by atoms with E-state index < -0.39 is 12.0 Å². The number of benzene rings is 2. The van der Waals surface area contributed by atoms with E-state index in [0.717, 1.165) is 9.99 Å². The number of nitrogens with zero attached hydrogens (tertiary/aromatic N) is 3. The molecule has 122 valence electrons. The van der Waals surface area contributed by atoms with Crippen molar-refractivity contribution in [3.05, 3.63) is 58.6 Å². The zero-order chi connectivity index (χ0) is 17.3. The van der Waals surface area contributed by atoms with Crippen molar-refractivity contribution in [2.24, 2.45) is 17.3 Å². The minimum absolute atomic E-state index is 0.103. The predicted octanol–water partition coefficient (Wildman–Crippen LogP) is 3.99. The van der Waals surface area contributed by atoms with Gasteiger partial charge in [0.1, 0.15) is 0 Å². The van der Waals surface area contributed by atoms with Gasteiger partial charge < -0.3 is 14.8 Å². The average Bonchev–Trinajstić information content (AvgIpc) is 2.83. The third kappa shape index (κ3) is 2.95. The van der Waals surface area contributed by atoms with E-state index >= 15 is 0 Å². The molecule has 2 N–H and O–H groups in total. The topological polar surface area (TPSA) is 87.2 Å². The summed E-state index contributed by atoms with van der Waals surface area (Å²) in [5, 5.41) is 28.3. The maximum absolute atomic E-state index is 12.0. The van der Waals surface area contributed by atoms with Crippen molar-refractivity contribution in [1.29, 1.82) is 0 Å². The van der Waals surface area contributed by atoms with Crippen molar-refractivity contribution in [3.63, 3.8) is 0 Å². The summed E-state index contributed by atoms with van der Waals surface area (Å²) in [6.45, 7) is 0. The number of carbonyl (C=O) groups excluding carboxylic acids is 1. The predicted molar refractivity (Wildman–Crippen MR) is 93.2 cm³/mol. The van der Waals surface area contributed by atoms with E-state index in [9.17, 15) is 15.0 Å². The molecule has 0 saturated heterocycles. The lowest BCUT2D eigenvalue weighted by Gasteiger charge is -2.04. The second-order valence-electron chi connectivity index (χ2n) is 5.24. The number of aromatic hydroxyl groups is 1. The summed E-state index contributed by atoms with van der Waals surface area (Å²) in [6.07, 6.45) is -1.39. The monoisotopic (exact) mass is 387 g/mol. The maximum Gasteiger partial charge on any atom is 0.297 e. The number of aromatic nitrogens is 1. The van der Waals surface area contributed by atoms with Gasteiger partial charge in [-0.3, -0.25) is 4.79 Å². The molecular weight excluding hydrogens is 374 g/mol. The molecule has 3 aromatic rings. The molecule has 1 heterocycles.